The van der Waals surface area contributed by atoms with E-state index in [4.69, 9.17) is 0 Å². The second kappa shape index (κ2) is 6.96. The van der Waals surface area contributed by atoms with E-state index in [0.717, 1.165) is 5.56 Å². The summed E-state index contributed by atoms with van der Waals surface area (Å²) in [6, 6.07) is 6.74. The molecule has 24 heavy (non-hydrogen) atoms. The van der Waals surface area contributed by atoms with Gasteiger partial charge in [0.25, 0.3) is 0 Å². The third-order valence-electron chi connectivity index (χ3n) is 3.22. The molecule has 0 radical (unpaired) electrons. The Morgan fingerprint density at radius 1 is 1.00 bits per heavy atom. The minimum absolute atomic E-state index is 0.321. The molecule has 1 aromatic heterocycles. The largest absolute Gasteiger partial charge is 0.259 e. The fourth-order valence-electron chi connectivity index (χ4n) is 1.86. The average molecular weight is 363 g/mol. The Bertz CT molecular complexity index is 885. The predicted molar refractivity (Wildman–Crippen MR) is 102 cm³/mol. The summed E-state index contributed by atoms with van der Waals surface area (Å²) in [7, 11) is -4.19. The number of sulfone groups is 1. The van der Waals surface area contributed by atoms with Gasteiger partial charge >= 0.3 is 0 Å². The first-order chi connectivity index (χ1) is 11.1. The molecular weight excluding hydrogens is 340 g/mol. The summed E-state index contributed by atoms with van der Waals surface area (Å²) in [6.07, 6.45) is 9.64. The van der Waals surface area contributed by atoms with Crippen LogP contribution in [-0.2, 0) is 9.84 Å². The second-order valence-electron chi connectivity index (χ2n) is 6.47. The van der Waals surface area contributed by atoms with Crippen LogP contribution in [0, 0.1) is 11.2 Å². The first kappa shape index (κ1) is 18.5. The van der Waals surface area contributed by atoms with Gasteiger partial charge in [0.05, 0.1) is 28.2 Å². The van der Waals surface area contributed by atoms with E-state index in [1.165, 1.54) is 0 Å². The fourth-order valence-corrected chi connectivity index (χ4v) is 3.33. The van der Waals surface area contributed by atoms with Gasteiger partial charge < -0.3 is 0 Å². The molecule has 2 aromatic rings. The van der Waals surface area contributed by atoms with Crippen molar-refractivity contribution in [2.24, 2.45) is 0 Å². The van der Waals surface area contributed by atoms with E-state index in [2.05, 4.69) is 39.9 Å². The minimum atomic E-state index is -3.26. The Hall–Kier alpha value is -1.84. The summed E-state index contributed by atoms with van der Waals surface area (Å²) in [4.78, 5) is 9.01. The Morgan fingerprint density at radius 3 is 2.17 bits per heavy atom. The molecule has 0 aliphatic heterocycles. The quantitative estimate of drug-likeness (QED) is 0.786. The maximum Gasteiger partial charge on any atom is 0.180 e. The van der Waals surface area contributed by atoms with Crippen molar-refractivity contribution < 1.29 is 8.42 Å². The highest BCUT2D eigenvalue weighted by atomic mass is 32.3. The van der Waals surface area contributed by atoms with Crippen LogP contribution in [0.25, 0.3) is 11.3 Å². The van der Waals surface area contributed by atoms with Gasteiger partial charge in [0.2, 0.25) is 0 Å². The van der Waals surface area contributed by atoms with Crippen LogP contribution in [0.15, 0.2) is 41.6 Å². The Labute approximate surface area is 146 Å². The van der Waals surface area contributed by atoms with Crippen LogP contribution in [0.1, 0.15) is 19.5 Å². The standard InChI is InChI=1S/C18H22N2O2S2/c1-14(2)24(21,22)17-8-6-15(7-9-17)18-13-19-12-16(20-18)10-11-23(3,4)5/h6-9,12-14H,1-5H3. The van der Waals surface area contributed by atoms with Gasteiger partial charge in [-0.3, -0.25) is 4.98 Å². The van der Waals surface area contributed by atoms with Gasteiger partial charge in [-0.2, -0.15) is 10.0 Å². The molecule has 0 aliphatic carbocycles. The van der Waals surface area contributed by atoms with E-state index in [1.807, 2.05) is 0 Å². The normalized spacial score (nSPS) is 12.6. The first-order valence-electron chi connectivity index (χ1n) is 7.47. The van der Waals surface area contributed by atoms with Crippen molar-refractivity contribution in [3.8, 4) is 22.4 Å². The number of rotatable bonds is 3. The molecule has 0 aliphatic rings. The third-order valence-corrected chi connectivity index (χ3v) is 6.10. The van der Waals surface area contributed by atoms with Crippen LogP contribution in [0.2, 0.25) is 0 Å². The SMILES string of the molecule is CC(C)S(=O)(=O)c1ccc(-c2cncc(C#CS(C)(C)C)n2)cc1. The van der Waals surface area contributed by atoms with Gasteiger partial charge in [-0.1, -0.05) is 12.1 Å². The maximum atomic E-state index is 12.2. The Kier molecular flexibility index (Phi) is 5.36. The van der Waals surface area contributed by atoms with Gasteiger partial charge in [-0.15, -0.1) is 0 Å². The van der Waals surface area contributed by atoms with E-state index >= 15 is 0 Å². The van der Waals surface area contributed by atoms with E-state index in [-0.39, 0.29) is 0 Å². The number of benzene rings is 1. The van der Waals surface area contributed by atoms with Gasteiger partial charge in [-0.05, 0) is 55.9 Å². The molecule has 0 fully saturated rings. The zero-order valence-corrected chi connectivity index (χ0v) is 16.2. The van der Waals surface area contributed by atoms with Gasteiger partial charge in [0.15, 0.2) is 9.84 Å². The lowest BCUT2D eigenvalue weighted by molar-refractivity contribution is 0.587. The molecule has 1 heterocycles. The van der Waals surface area contributed by atoms with E-state index in [1.54, 1.807) is 50.5 Å². The van der Waals surface area contributed by atoms with Crippen molar-refractivity contribution in [1.29, 1.82) is 0 Å². The summed E-state index contributed by atoms with van der Waals surface area (Å²) < 4.78 is 24.3. The van der Waals surface area contributed by atoms with Crippen molar-refractivity contribution in [1.82, 2.24) is 9.97 Å². The highest BCUT2D eigenvalue weighted by molar-refractivity contribution is 8.35. The van der Waals surface area contributed by atoms with Crippen LogP contribution in [0.4, 0.5) is 0 Å². The van der Waals surface area contributed by atoms with Crippen LogP contribution in [0.5, 0.6) is 0 Å². The van der Waals surface area contributed by atoms with Crippen LogP contribution >= 0.6 is 10.0 Å². The van der Waals surface area contributed by atoms with E-state index < -0.39 is 25.1 Å². The third kappa shape index (κ3) is 4.59. The van der Waals surface area contributed by atoms with Crippen LogP contribution in [0.3, 0.4) is 0 Å². The average Bonchev–Trinajstić information content (AvgIpc) is 2.52. The lowest BCUT2D eigenvalue weighted by atomic mass is 10.1. The molecule has 2 rings (SSSR count). The zero-order chi connectivity index (χ0) is 18.0. The molecule has 0 atom stereocenters. The maximum absolute atomic E-state index is 12.2. The molecule has 0 unspecified atom stereocenters. The summed E-state index contributed by atoms with van der Waals surface area (Å²) in [6.45, 7) is 3.35. The van der Waals surface area contributed by atoms with E-state index in [9.17, 15) is 8.42 Å². The molecule has 0 saturated carbocycles. The molecular formula is C18H22N2O2S2. The predicted octanol–water partition coefficient (Wildman–Crippen LogP) is 3.33. The van der Waals surface area contributed by atoms with Crippen molar-refractivity contribution in [3.05, 3.63) is 42.4 Å². The van der Waals surface area contributed by atoms with Gasteiger partial charge in [0, 0.05) is 5.56 Å². The summed E-state index contributed by atoms with van der Waals surface area (Å²) in [5, 5.41) is 2.77. The number of hydrogen-bond acceptors (Lipinski definition) is 4. The van der Waals surface area contributed by atoms with Crippen LogP contribution in [-0.4, -0.2) is 42.4 Å². The molecule has 0 N–H and O–H groups in total. The number of hydrogen-bond donors (Lipinski definition) is 0. The topological polar surface area (TPSA) is 59.9 Å². The molecule has 6 heteroatoms. The number of nitrogens with zero attached hydrogens (tertiary/aromatic N) is 2. The Balaban J connectivity index is 2.35. The zero-order valence-electron chi connectivity index (χ0n) is 14.6. The molecule has 0 saturated heterocycles. The highest BCUT2D eigenvalue weighted by Crippen LogP contribution is 2.32. The van der Waals surface area contributed by atoms with Crippen molar-refractivity contribution >= 4 is 19.9 Å². The van der Waals surface area contributed by atoms with Crippen molar-refractivity contribution in [2.45, 2.75) is 24.0 Å². The minimum Gasteiger partial charge on any atom is -0.259 e. The van der Waals surface area contributed by atoms with Crippen molar-refractivity contribution in [2.75, 3.05) is 18.8 Å². The van der Waals surface area contributed by atoms with Crippen molar-refractivity contribution in [3.63, 3.8) is 0 Å². The summed E-state index contributed by atoms with van der Waals surface area (Å²) >= 11 is 0. The molecule has 128 valence electrons. The van der Waals surface area contributed by atoms with Gasteiger partial charge in [-0.25, -0.2) is 13.4 Å². The van der Waals surface area contributed by atoms with Gasteiger partial charge in [0.1, 0.15) is 5.69 Å². The Morgan fingerprint density at radius 2 is 1.62 bits per heavy atom. The second-order valence-corrected chi connectivity index (χ2v) is 12.9. The first-order valence-corrected chi connectivity index (χ1v) is 11.9. The monoisotopic (exact) mass is 362 g/mol. The smallest absolute Gasteiger partial charge is 0.180 e. The lowest BCUT2D eigenvalue weighted by Crippen LogP contribution is -2.13. The fraction of sp³-hybridized carbons (Fsp3) is 0.333. The van der Waals surface area contributed by atoms with Crippen LogP contribution < -0.4 is 0 Å². The number of aromatic nitrogens is 2. The molecule has 0 amide bonds. The molecule has 1 aromatic carbocycles. The summed E-state index contributed by atoms with van der Waals surface area (Å²) in [5.74, 6) is 3.06. The molecule has 0 spiro atoms. The molecule has 4 nitrogen and oxygen atoms in total. The highest BCUT2D eigenvalue weighted by Gasteiger charge is 2.18. The van der Waals surface area contributed by atoms with E-state index in [0.29, 0.717) is 16.3 Å². The lowest BCUT2D eigenvalue weighted by Gasteiger charge is -2.14. The summed E-state index contributed by atoms with van der Waals surface area (Å²) in [5.41, 5.74) is 2.12. The molecule has 0 bridgehead atoms.